The molecule has 0 spiro atoms. The molecule has 0 aromatic carbocycles. The molecule has 0 heterocycles. The molecule has 0 fully saturated rings. The topological polar surface area (TPSA) is 79.9 Å². The summed E-state index contributed by atoms with van der Waals surface area (Å²) in [4.78, 5) is 26.7. The van der Waals surface area contributed by atoms with Crippen LogP contribution < -0.4 is 10.6 Å². The summed E-state index contributed by atoms with van der Waals surface area (Å²) < 4.78 is 10.8. The molecule has 0 aliphatic rings. The third-order valence-electron chi connectivity index (χ3n) is 5.69. The van der Waals surface area contributed by atoms with E-state index in [1.54, 1.807) is 0 Å². The first kappa shape index (κ1) is 35.1. The Morgan fingerprint density at radius 1 is 0.865 bits per heavy atom. The number of unbranched alkanes of at least 4 members (excludes halogenated alkanes) is 8. The molecule has 0 rings (SSSR count). The average Bonchev–Trinajstić information content (AvgIpc) is 2.81. The molecule has 1 amide bonds. The van der Waals surface area contributed by atoms with Gasteiger partial charge in [-0.1, -0.05) is 63.3 Å². The van der Waals surface area contributed by atoms with Crippen LogP contribution in [0.3, 0.4) is 0 Å². The van der Waals surface area contributed by atoms with Crippen molar-refractivity contribution in [1.82, 2.24) is 15.5 Å². The fourth-order valence-corrected chi connectivity index (χ4v) is 3.54. The SMILES string of the molecule is CCCCC/C=C\C/C=C\CCCCCCCOC(=O)[C@@H](CNCCN(C)C)CNC(=O)OC(C)(C)C. The highest BCUT2D eigenvalue weighted by atomic mass is 16.6. The van der Waals surface area contributed by atoms with Crippen LogP contribution in [-0.2, 0) is 14.3 Å². The van der Waals surface area contributed by atoms with Gasteiger partial charge in [0.2, 0.25) is 0 Å². The molecule has 1 atom stereocenters. The molecule has 0 saturated carbocycles. The second kappa shape index (κ2) is 23.3. The molecular weight excluding hydrogens is 466 g/mol. The minimum absolute atomic E-state index is 0.185. The highest BCUT2D eigenvalue weighted by Crippen LogP contribution is 2.09. The average molecular weight is 524 g/mol. The van der Waals surface area contributed by atoms with Crippen molar-refractivity contribution in [2.45, 2.75) is 104 Å². The molecule has 37 heavy (non-hydrogen) atoms. The van der Waals surface area contributed by atoms with E-state index in [4.69, 9.17) is 9.47 Å². The molecule has 2 N–H and O–H groups in total. The molecule has 0 aliphatic heterocycles. The summed E-state index contributed by atoms with van der Waals surface area (Å²) in [6.45, 7) is 10.4. The Balaban J connectivity index is 4.05. The van der Waals surface area contributed by atoms with Crippen LogP contribution in [0.5, 0.6) is 0 Å². The van der Waals surface area contributed by atoms with E-state index in [1.165, 1.54) is 38.5 Å². The molecule has 216 valence electrons. The van der Waals surface area contributed by atoms with Crippen molar-refractivity contribution < 1.29 is 19.1 Å². The summed E-state index contributed by atoms with van der Waals surface area (Å²) in [5, 5.41) is 5.99. The zero-order valence-corrected chi connectivity index (χ0v) is 24.8. The molecular formula is C30H57N3O4. The molecule has 0 saturated heterocycles. The number of alkyl carbamates (subject to hydrolysis) is 1. The highest BCUT2D eigenvalue weighted by Gasteiger charge is 2.22. The number of allylic oxidation sites excluding steroid dienone is 4. The number of hydrogen-bond donors (Lipinski definition) is 2. The van der Waals surface area contributed by atoms with E-state index in [2.05, 4.69) is 46.8 Å². The smallest absolute Gasteiger partial charge is 0.407 e. The van der Waals surface area contributed by atoms with E-state index in [0.29, 0.717) is 13.2 Å². The van der Waals surface area contributed by atoms with Crippen LogP contribution in [0.4, 0.5) is 4.79 Å². The van der Waals surface area contributed by atoms with Gasteiger partial charge in [-0.2, -0.15) is 0 Å². The van der Waals surface area contributed by atoms with Crippen molar-refractivity contribution in [3.05, 3.63) is 24.3 Å². The lowest BCUT2D eigenvalue weighted by Gasteiger charge is -2.22. The van der Waals surface area contributed by atoms with Crippen LogP contribution in [0.15, 0.2) is 24.3 Å². The summed E-state index contributed by atoms with van der Waals surface area (Å²) in [6.07, 6.45) is 21.4. The maximum absolute atomic E-state index is 12.6. The Kier molecular flexibility index (Phi) is 22.1. The molecule has 0 bridgehead atoms. The maximum Gasteiger partial charge on any atom is 0.407 e. The molecule has 7 nitrogen and oxygen atoms in total. The van der Waals surface area contributed by atoms with Gasteiger partial charge in [-0.15, -0.1) is 0 Å². The van der Waals surface area contributed by atoms with Crippen LogP contribution in [0, 0.1) is 5.92 Å². The number of nitrogens with one attached hydrogen (secondary N) is 2. The number of hydrogen-bond acceptors (Lipinski definition) is 6. The van der Waals surface area contributed by atoms with Crippen molar-refractivity contribution in [3.63, 3.8) is 0 Å². The predicted molar refractivity (Wildman–Crippen MR) is 155 cm³/mol. The summed E-state index contributed by atoms with van der Waals surface area (Å²) in [6, 6.07) is 0. The van der Waals surface area contributed by atoms with Gasteiger partial charge in [0.1, 0.15) is 5.60 Å². The predicted octanol–water partition coefficient (Wildman–Crippen LogP) is 6.25. The molecule has 0 unspecified atom stereocenters. The number of carbonyl (C=O) groups excluding carboxylic acids is 2. The van der Waals surface area contributed by atoms with Gasteiger partial charge in [0.15, 0.2) is 0 Å². The van der Waals surface area contributed by atoms with Crippen molar-refractivity contribution in [3.8, 4) is 0 Å². The fraction of sp³-hybridized carbons (Fsp3) is 0.800. The number of ether oxygens (including phenoxy) is 2. The van der Waals surface area contributed by atoms with Gasteiger partial charge in [-0.25, -0.2) is 4.79 Å². The minimum Gasteiger partial charge on any atom is -0.465 e. The quantitative estimate of drug-likeness (QED) is 0.0992. The lowest BCUT2D eigenvalue weighted by molar-refractivity contribution is -0.148. The van der Waals surface area contributed by atoms with Gasteiger partial charge in [-0.3, -0.25) is 4.79 Å². The molecule has 0 aromatic heterocycles. The van der Waals surface area contributed by atoms with Crippen molar-refractivity contribution in [1.29, 1.82) is 0 Å². The Morgan fingerprint density at radius 3 is 2.11 bits per heavy atom. The maximum atomic E-state index is 12.6. The van der Waals surface area contributed by atoms with E-state index < -0.39 is 17.6 Å². The summed E-state index contributed by atoms with van der Waals surface area (Å²) in [5.74, 6) is -0.731. The number of likely N-dealkylation sites (N-methyl/N-ethyl adjacent to an activating group) is 1. The first-order chi connectivity index (χ1) is 17.7. The van der Waals surface area contributed by atoms with Crippen LogP contribution in [0.25, 0.3) is 0 Å². The Bertz CT molecular complexity index is 627. The van der Waals surface area contributed by atoms with E-state index >= 15 is 0 Å². The summed E-state index contributed by atoms with van der Waals surface area (Å²) in [7, 11) is 4.01. The molecule has 0 radical (unpaired) electrons. The van der Waals surface area contributed by atoms with Gasteiger partial charge in [0, 0.05) is 26.2 Å². The van der Waals surface area contributed by atoms with Crippen molar-refractivity contribution >= 4 is 12.1 Å². The lowest BCUT2D eigenvalue weighted by atomic mass is 10.1. The normalized spacial score (nSPS) is 12.9. The Labute approximate surface area is 227 Å². The number of rotatable bonds is 22. The van der Waals surface area contributed by atoms with E-state index in [9.17, 15) is 9.59 Å². The van der Waals surface area contributed by atoms with Gasteiger partial charge in [-0.05, 0) is 73.4 Å². The number of nitrogens with zero attached hydrogens (tertiary/aromatic N) is 1. The third kappa shape index (κ3) is 25.6. The monoisotopic (exact) mass is 523 g/mol. The van der Waals surface area contributed by atoms with E-state index in [-0.39, 0.29) is 12.5 Å². The largest absolute Gasteiger partial charge is 0.465 e. The number of amides is 1. The first-order valence-electron chi connectivity index (χ1n) is 14.4. The Morgan fingerprint density at radius 2 is 1.49 bits per heavy atom. The number of esters is 1. The second-order valence-corrected chi connectivity index (χ2v) is 11.0. The summed E-state index contributed by atoms with van der Waals surface area (Å²) >= 11 is 0. The second-order valence-electron chi connectivity index (χ2n) is 11.0. The van der Waals surface area contributed by atoms with Gasteiger partial charge in [0.05, 0.1) is 12.5 Å². The van der Waals surface area contributed by atoms with Crippen LogP contribution in [0.1, 0.15) is 98.3 Å². The summed E-state index contributed by atoms with van der Waals surface area (Å²) in [5.41, 5.74) is -0.578. The third-order valence-corrected chi connectivity index (χ3v) is 5.69. The molecule has 7 heteroatoms. The zero-order valence-electron chi connectivity index (χ0n) is 24.8. The zero-order chi connectivity index (χ0) is 27.8. The van der Waals surface area contributed by atoms with Crippen LogP contribution in [0.2, 0.25) is 0 Å². The minimum atomic E-state index is -0.578. The van der Waals surface area contributed by atoms with Gasteiger partial charge in [0.25, 0.3) is 0 Å². The van der Waals surface area contributed by atoms with Crippen LogP contribution >= 0.6 is 0 Å². The van der Waals surface area contributed by atoms with E-state index in [1.807, 2.05) is 34.9 Å². The lowest BCUT2D eigenvalue weighted by Crippen LogP contribution is -2.42. The standard InChI is InChI=1S/C30H57N3O4/c1-7-8-9-10-11-12-13-14-15-16-17-18-19-20-21-24-36-28(34)27(25-31-22-23-33(5)6)26-32-29(35)37-30(2,3)4/h11-12,14-15,27,31H,7-10,13,16-26H2,1-6H3,(H,32,35)/b12-11-,15-14-/t27-/m0/s1. The number of carbonyl (C=O) groups is 2. The Hall–Kier alpha value is -1.86. The highest BCUT2D eigenvalue weighted by molar-refractivity contribution is 5.74. The van der Waals surface area contributed by atoms with Crippen molar-refractivity contribution in [2.75, 3.05) is 46.9 Å². The van der Waals surface area contributed by atoms with Crippen molar-refractivity contribution in [2.24, 2.45) is 5.92 Å². The van der Waals surface area contributed by atoms with Crippen LogP contribution in [-0.4, -0.2) is 69.4 Å². The van der Waals surface area contributed by atoms with Gasteiger partial charge >= 0.3 is 12.1 Å². The molecule has 0 aliphatic carbocycles. The first-order valence-corrected chi connectivity index (χ1v) is 14.4. The van der Waals surface area contributed by atoms with E-state index in [0.717, 1.165) is 45.2 Å². The van der Waals surface area contributed by atoms with Gasteiger partial charge < -0.3 is 25.0 Å². The molecule has 0 aromatic rings. The fourth-order valence-electron chi connectivity index (χ4n) is 3.54.